The molecule has 0 unspecified atom stereocenters. The van der Waals surface area contributed by atoms with E-state index in [1.807, 2.05) is 45.9 Å². The molecule has 10 nitrogen and oxygen atoms in total. The van der Waals surface area contributed by atoms with Gasteiger partial charge in [-0.25, -0.2) is 0 Å². The average molecular weight is 624 g/mol. The van der Waals surface area contributed by atoms with E-state index in [4.69, 9.17) is 9.47 Å². The van der Waals surface area contributed by atoms with Crippen LogP contribution in [0.5, 0.6) is 0 Å². The largest absolute Gasteiger partial charge is 0.460 e. The van der Waals surface area contributed by atoms with Gasteiger partial charge in [0.25, 0.3) is 5.91 Å². The predicted octanol–water partition coefficient (Wildman–Crippen LogP) is 3.62. The fourth-order valence-corrected chi connectivity index (χ4v) is 7.55. The van der Waals surface area contributed by atoms with Crippen LogP contribution in [-0.2, 0) is 28.7 Å². The molecule has 1 spiro atoms. The number of aliphatic hydroxyl groups is 1. The van der Waals surface area contributed by atoms with Crippen molar-refractivity contribution in [1.82, 2.24) is 10.2 Å². The Bertz CT molecular complexity index is 1290. The van der Waals surface area contributed by atoms with Crippen molar-refractivity contribution in [3.8, 4) is 0 Å². The Balaban J connectivity index is 1.70. The molecule has 3 saturated heterocycles. The molecule has 3 amide bonds. The number of ether oxygens (including phenoxy) is 2. The van der Waals surface area contributed by atoms with E-state index < -0.39 is 47.7 Å². The molecule has 1 aromatic carbocycles. The maximum absolute atomic E-state index is 14.9. The average Bonchev–Trinajstić information content (AvgIpc) is 3.64. The summed E-state index contributed by atoms with van der Waals surface area (Å²) in [5, 5.41) is 13.3. The number of hydrogen-bond acceptors (Lipinski definition) is 7. The fraction of sp³-hybridized carbons (Fsp3) is 0.600. The van der Waals surface area contributed by atoms with Crippen LogP contribution in [0.15, 0.2) is 43.5 Å². The summed E-state index contributed by atoms with van der Waals surface area (Å²) in [7, 11) is 0. The van der Waals surface area contributed by atoms with E-state index in [0.717, 1.165) is 16.8 Å². The smallest absolute Gasteiger partial charge is 0.312 e. The number of allylic oxidation sites excluding steroid dienone is 1. The zero-order valence-corrected chi connectivity index (χ0v) is 27.3. The van der Waals surface area contributed by atoms with E-state index >= 15 is 0 Å². The minimum absolute atomic E-state index is 0.129. The molecular weight excluding hydrogens is 574 g/mol. The Labute approximate surface area is 266 Å². The number of esters is 1. The summed E-state index contributed by atoms with van der Waals surface area (Å²) in [5.74, 6) is -3.15. The first-order valence-electron chi connectivity index (χ1n) is 16.1. The fourth-order valence-electron chi connectivity index (χ4n) is 7.55. The lowest BCUT2D eigenvalue weighted by atomic mass is 9.70. The van der Waals surface area contributed by atoms with Crippen molar-refractivity contribution < 1.29 is 33.8 Å². The molecule has 45 heavy (non-hydrogen) atoms. The van der Waals surface area contributed by atoms with Crippen LogP contribution in [-0.4, -0.2) is 83.3 Å². The van der Waals surface area contributed by atoms with Crippen molar-refractivity contribution in [2.45, 2.75) is 96.6 Å². The highest BCUT2D eigenvalue weighted by Crippen LogP contribution is 2.59. The van der Waals surface area contributed by atoms with Crippen LogP contribution in [0.3, 0.4) is 0 Å². The van der Waals surface area contributed by atoms with Crippen LogP contribution in [0.2, 0.25) is 0 Å². The topological polar surface area (TPSA) is 125 Å². The number of anilines is 1. The number of fused-ring (bicyclic) bond motifs is 1. The highest BCUT2D eigenvalue weighted by atomic mass is 16.6. The number of rotatable bonds is 15. The minimum Gasteiger partial charge on any atom is -0.460 e. The number of amides is 3. The highest BCUT2D eigenvalue weighted by Gasteiger charge is 2.75. The zero-order chi connectivity index (χ0) is 33.1. The molecule has 2 N–H and O–H groups in total. The van der Waals surface area contributed by atoms with Gasteiger partial charge in [-0.1, -0.05) is 44.2 Å². The van der Waals surface area contributed by atoms with Crippen molar-refractivity contribution in [2.24, 2.45) is 17.8 Å². The van der Waals surface area contributed by atoms with Gasteiger partial charge < -0.3 is 29.7 Å². The van der Waals surface area contributed by atoms with Gasteiger partial charge in [0.2, 0.25) is 11.8 Å². The first-order valence-corrected chi connectivity index (χ1v) is 16.1. The Morgan fingerprint density at radius 3 is 2.49 bits per heavy atom. The molecule has 0 aromatic heterocycles. The monoisotopic (exact) mass is 623 g/mol. The molecule has 246 valence electrons. The summed E-state index contributed by atoms with van der Waals surface area (Å²) in [4.78, 5) is 58.3. The number of carbonyl (C=O) groups is 4. The lowest BCUT2D eigenvalue weighted by molar-refractivity contribution is -0.159. The Morgan fingerprint density at radius 1 is 1.20 bits per heavy atom. The molecule has 3 fully saturated rings. The molecule has 3 heterocycles. The van der Waals surface area contributed by atoms with Crippen LogP contribution in [0, 0.1) is 31.6 Å². The van der Waals surface area contributed by atoms with Gasteiger partial charge in [-0.3, -0.25) is 19.2 Å². The summed E-state index contributed by atoms with van der Waals surface area (Å²) in [5.41, 5.74) is 1.30. The van der Waals surface area contributed by atoms with Crippen LogP contribution >= 0.6 is 0 Å². The van der Waals surface area contributed by atoms with Crippen LogP contribution in [0.25, 0.3) is 0 Å². The van der Waals surface area contributed by atoms with Crippen molar-refractivity contribution in [1.29, 1.82) is 0 Å². The van der Waals surface area contributed by atoms with E-state index in [0.29, 0.717) is 32.1 Å². The van der Waals surface area contributed by atoms with Gasteiger partial charge in [0.05, 0.1) is 37.1 Å². The number of nitrogens with one attached hydrogen (secondary N) is 1. The Morgan fingerprint density at radius 2 is 1.89 bits per heavy atom. The molecule has 7 atom stereocenters. The number of para-hydroxylation sites is 1. The quantitative estimate of drug-likeness (QED) is 0.226. The van der Waals surface area contributed by atoms with Gasteiger partial charge in [0.1, 0.15) is 17.7 Å². The molecule has 0 radical (unpaired) electrons. The molecule has 0 aliphatic carbocycles. The molecule has 0 saturated carbocycles. The molecule has 1 aromatic rings. The van der Waals surface area contributed by atoms with Gasteiger partial charge in [-0.15, -0.1) is 13.2 Å². The molecule has 3 aliphatic rings. The standard InChI is InChI=1S/C35H49N3O7/c1-8-10-14-27(40)36-19-24(7)44-34(43)28-26-15-16-35(45-26)29(28)32(41)38(25(20-39)18-21(3)4)31(35)33(42)37(17-9-2)30-22(5)12-11-13-23(30)6/h8-9,11-13,21,24-26,28-29,31,39H,1-2,10,14-20H2,3-7H3,(H,36,40)/t24-,25-,26+,28-,29-,31+,35-/m1/s1. The van der Waals surface area contributed by atoms with E-state index in [-0.39, 0.29) is 43.3 Å². The van der Waals surface area contributed by atoms with Crippen LogP contribution in [0.4, 0.5) is 5.69 Å². The lowest BCUT2D eigenvalue weighted by Crippen LogP contribution is -2.59. The molecule has 10 heteroatoms. The predicted molar refractivity (Wildman–Crippen MR) is 171 cm³/mol. The number of likely N-dealkylation sites (tertiary alicyclic amines) is 1. The summed E-state index contributed by atoms with van der Waals surface area (Å²) in [6, 6.07) is 4.12. The third-order valence-corrected chi connectivity index (χ3v) is 9.36. The van der Waals surface area contributed by atoms with Gasteiger partial charge in [-0.2, -0.15) is 0 Å². The second kappa shape index (κ2) is 14.3. The van der Waals surface area contributed by atoms with Crippen LogP contribution < -0.4 is 10.2 Å². The van der Waals surface area contributed by atoms with Gasteiger partial charge in [-0.05, 0) is 63.5 Å². The number of carbonyl (C=O) groups excluding carboxylic acids is 4. The van der Waals surface area contributed by atoms with E-state index in [2.05, 4.69) is 18.5 Å². The maximum Gasteiger partial charge on any atom is 0.312 e. The van der Waals surface area contributed by atoms with Crippen molar-refractivity contribution in [3.05, 3.63) is 54.6 Å². The first-order chi connectivity index (χ1) is 21.4. The van der Waals surface area contributed by atoms with Gasteiger partial charge in [0.15, 0.2) is 0 Å². The second-order valence-corrected chi connectivity index (χ2v) is 13.1. The molecule has 4 rings (SSSR count). The van der Waals surface area contributed by atoms with E-state index in [9.17, 15) is 24.3 Å². The summed E-state index contributed by atoms with van der Waals surface area (Å²) in [6.45, 7) is 17.1. The Hall–Kier alpha value is -3.50. The molecular formula is C35H49N3O7. The second-order valence-electron chi connectivity index (χ2n) is 13.1. The van der Waals surface area contributed by atoms with Crippen molar-refractivity contribution in [3.63, 3.8) is 0 Å². The SMILES string of the molecule is C=CCCC(=O)NC[C@@H](C)OC(=O)[C@@H]1[C@@H]2CC[C@]3(O2)[C@H](C(=O)N(CC=C)c2c(C)cccc2C)N([C@@H](CO)CC(C)C)C(=O)[C@@H]13. The third-order valence-electron chi connectivity index (χ3n) is 9.36. The summed E-state index contributed by atoms with van der Waals surface area (Å²) < 4.78 is 12.4. The minimum atomic E-state index is -1.24. The number of nitrogens with zero attached hydrogens (tertiary/aromatic N) is 2. The van der Waals surface area contributed by atoms with Gasteiger partial charge >= 0.3 is 5.97 Å². The highest BCUT2D eigenvalue weighted by molar-refractivity contribution is 6.05. The number of benzene rings is 1. The maximum atomic E-state index is 14.9. The summed E-state index contributed by atoms with van der Waals surface area (Å²) in [6.07, 6.45) is 4.33. The van der Waals surface area contributed by atoms with Crippen molar-refractivity contribution >= 4 is 29.4 Å². The third kappa shape index (κ3) is 6.58. The number of aliphatic hydroxyl groups excluding tert-OH is 1. The first kappa shape index (κ1) is 34.4. The number of hydrogen-bond donors (Lipinski definition) is 2. The lowest BCUT2D eigenvalue weighted by Gasteiger charge is -2.40. The zero-order valence-electron chi connectivity index (χ0n) is 27.3. The summed E-state index contributed by atoms with van der Waals surface area (Å²) >= 11 is 0. The number of aryl methyl sites for hydroxylation is 2. The van der Waals surface area contributed by atoms with Crippen LogP contribution in [0.1, 0.15) is 64.0 Å². The van der Waals surface area contributed by atoms with Gasteiger partial charge in [0, 0.05) is 18.7 Å². The van der Waals surface area contributed by atoms with Crippen molar-refractivity contribution in [2.75, 3.05) is 24.6 Å². The Kier molecular flexibility index (Phi) is 10.9. The molecule has 2 bridgehead atoms. The van der Waals surface area contributed by atoms with E-state index in [1.54, 1.807) is 24.0 Å². The normalized spacial score (nSPS) is 26.4. The van der Waals surface area contributed by atoms with E-state index in [1.165, 1.54) is 4.90 Å². The molecule has 3 aliphatic heterocycles.